The summed E-state index contributed by atoms with van der Waals surface area (Å²) in [5.41, 5.74) is 1.98. The Labute approximate surface area is 156 Å². The Kier molecular flexibility index (Phi) is 7.11. The number of amides is 2. The van der Waals surface area contributed by atoms with E-state index in [1.807, 2.05) is 18.2 Å². The molecule has 0 radical (unpaired) electrons. The Bertz CT molecular complexity index is 569. The largest absolute Gasteiger partial charge is 0.379 e. The predicted octanol–water partition coefficient (Wildman–Crippen LogP) is 1.28. The van der Waals surface area contributed by atoms with Crippen LogP contribution in [0.4, 0.5) is 16.2 Å². The van der Waals surface area contributed by atoms with E-state index in [1.165, 1.54) is 0 Å². The molecule has 7 heteroatoms. The molecule has 2 heterocycles. The van der Waals surface area contributed by atoms with E-state index in [0.29, 0.717) is 6.54 Å². The molecular weight excluding hydrogens is 330 g/mol. The predicted molar refractivity (Wildman–Crippen MR) is 105 cm³/mol. The van der Waals surface area contributed by atoms with Gasteiger partial charge < -0.3 is 25.2 Å². The van der Waals surface area contributed by atoms with Crippen LogP contribution >= 0.6 is 0 Å². The number of anilines is 2. The summed E-state index contributed by atoms with van der Waals surface area (Å²) in [6.07, 6.45) is 0. The Morgan fingerprint density at radius 1 is 1.04 bits per heavy atom. The van der Waals surface area contributed by atoms with Gasteiger partial charge in [0.15, 0.2) is 0 Å². The number of urea groups is 1. The minimum atomic E-state index is -0.141. The van der Waals surface area contributed by atoms with E-state index in [4.69, 9.17) is 4.74 Å². The normalized spacial score (nSPS) is 19.3. The summed E-state index contributed by atoms with van der Waals surface area (Å²) in [4.78, 5) is 19.4. The van der Waals surface area contributed by atoms with Crippen LogP contribution in [0.2, 0.25) is 0 Å². The van der Waals surface area contributed by atoms with Crippen molar-refractivity contribution in [1.82, 2.24) is 15.1 Å². The molecule has 0 aromatic heterocycles. The maximum absolute atomic E-state index is 12.3. The second-order valence-corrected chi connectivity index (χ2v) is 6.77. The first-order chi connectivity index (χ1) is 12.8. The number of hydrogen-bond acceptors (Lipinski definition) is 5. The van der Waals surface area contributed by atoms with Gasteiger partial charge >= 0.3 is 6.03 Å². The highest BCUT2D eigenvalue weighted by atomic mass is 16.5. The van der Waals surface area contributed by atoms with E-state index >= 15 is 0 Å². The van der Waals surface area contributed by atoms with Crippen LogP contribution in [0.15, 0.2) is 24.3 Å². The lowest BCUT2D eigenvalue weighted by molar-refractivity contribution is 0.0388. The number of piperazine rings is 1. The smallest absolute Gasteiger partial charge is 0.319 e. The average molecular weight is 361 g/mol. The van der Waals surface area contributed by atoms with E-state index < -0.39 is 0 Å². The first-order valence-electron chi connectivity index (χ1n) is 9.67. The molecule has 0 aliphatic carbocycles. The fourth-order valence-corrected chi connectivity index (χ4v) is 3.48. The second kappa shape index (κ2) is 9.75. The number of para-hydroxylation sites is 2. The van der Waals surface area contributed by atoms with Crippen molar-refractivity contribution in [1.29, 1.82) is 0 Å². The van der Waals surface area contributed by atoms with Crippen molar-refractivity contribution in [3.63, 3.8) is 0 Å². The fourth-order valence-electron chi connectivity index (χ4n) is 3.48. The number of nitrogens with one attached hydrogen (secondary N) is 2. The van der Waals surface area contributed by atoms with Crippen LogP contribution in [0.25, 0.3) is 0 Å². The van der Waals surface area contributed by atoms with E-state index in [-0.39, 0.29) is 6.03 Å². The number of likely N-dealkylation sites (N-methyl/N-ethyl adjacent to an activating group) is 1. The Morgan fingerprint density at radius 2 is 1.77 bits per heavy atom. The molecule has 2 aliphatic rings. The van der Waals surface area contributed by atoms with Gasteiger partial charge in [0.2, 0.25) is 0 Å². The van der Waals surface area contributed by atoms with Crippen LogP contribution in [-0.2, 0) is 4.74 Å². The molecule has 2 fully saturated rings. The number of hydrogen-bond donors (Lipinski definition) is 2. The Balaban J connectivity index is 1.48. The molecule has 2 amide bonds. The van der Waals surface area contributed by atoms with Crippen LogP contribution in [0.3, 0.4) is 0 Å². The van der Waals surface area contributed by atoms with Gasteiger partial charge in [0.1, 0.15) is 0 Å². The molecule has 1 aromatic rings. The van der Waals surface area contributed by atoms with Crippen molar-refractivity contribution in [2.24, 2.45) is 0 Å². The lowest BCUT2D eigenvalue weighted by atomic mass is 10.2. The van der Waals surface area contributed by atoms with Gasteiger partial charge in [-0.1, -0.05) is 19.1 Å². The van der Waals surface area contributed by atoms with Crippen molar-refractivity contribution >= 4 is 17.4 Å². The minimum absolute atomic E-state index is 0.141. The van der Waals surface area contributed by atoms with Crippen LogP contribution < -0.4 is 15.5 Å². The topological polar surface area (TPSA) is 60.1 Å². The maximum Gasteiger partial charge on any atom is 0.319 e. The Hall–Kier alpha value is -1.83. The average Bonchev–Trinajstić information content (AvgIpc) is 2.69. The monoisotopic (exact) mass is 361 g/mol. The van der Waals surface area contributed by atoms with Gasteiger partial charge in [-0.15, -0.1) is 0 Å². The van der Waals surface area contributed by atoms with Gasteiger partial charge in [-0.3, -0.25) is 4.90 Å². The molecule has 2 N–H and O–H groups in total. The standard InChI is InChI=1S/C19H31N5O2/c1-2-22-9-11-24(12-10-22)18-6-4-3-5-17(18)21-19(25)20-7-8-23-13-15-26-16-14-23/h3-6H,2,7-16H2,1H3,(H2,20,21,25). The van der Waals surface area contributed by atoms with Crippen molar-refractivity contribution < 1.29 is 9.53 Å². The molecular formula is C19H31N5O2. The van der Waals surface area contributed by atoms with Crippen LogP contribution in [0.1, 0.15) is 6.92 Å². The molecule has 1 aromatic carbocycles. The van der Waals surface area contributed by atoms with Crippen LogP contribution in [0.5, 0.6) is 0 Å². The molecule has 144 valence electrons. The van der Waals surface area contributed by atoms with Crippen LogP contribution in [0, 0.1) is 0 Å². The number of rotatable bonds is 6. The lowest BCUT2D eigenvalue weighted by Gasteiger charge is -2.36. The molecule has 0 bridgehead atoms. The number of benzene rings is 1. The van der Waals surface area contributed by atoms with Crippen molar-refractivity contribution in [2.75, 3.05) is 82.3 Å². The van der Waals surface area contributed by atoms with Gasteiger partial charge in [-0.25, -0.2) is 4.79 Å². The zero-order chi connectivity index (χ0) is 18.2. The van der Waals surface area contributed by atoms with Crippen molar-refractivity contribution in [3.05, 3.63) is 24.3 Å². The fraction of sp³-hybridized carbons (Fsp3) is 0.632. The number of carbonyl (C=O) groups is 1. The summed E-state index contributed by atoms with van der Waals surface area (Å²) in [5.74, 6) is 0. The number of ether oxygens (including phenoxy) is 1. The van der Waals surface area contributed by atoms with Gasteiger partial charge in [-0.2, -0.15) is 0 Å². The molecule has 0 atom stereocenters. The zero-order valence-corrected chi connectivity index (χ0v) is 15.7. The number of nitrogens with zero attached hydrogens (tertiary/aromatic N) is 3. The second-order valence-electron chi connectivity index (χ2n) is 6.77. The molecule has 3 rings (SSSR count). The van der Waals surface area contributed by atoms with E-state index in [1.54, 1.807) is 0 Å². The Morgan fingerprint density at radius 3 is 2.50 bits per heavy atom. The first-order valence-corrected chi connectivity index (χ1v) is 9.67. The van der Waals surface area contributed by atoms with Gasteiger partial charge in [-0.05, 0) is 18.7 Å². The summed E-state index contributed by atoms with van der Waals surface area (Å²) < 4.78 is 5.34. The summed E-state index contributed by atoms with van der Waals surface area (Å²) in [6.45, 7) is 12.4. The number of morpholine rings is 1. The zero-order valence-electron chi connectivity index (χ0n) is 15.7. The molecule has 26 heavy (non-hydrogen) atoms. The van der Waals surface area contributed by atoms with Crippen molar-refractivity contribution in [3.8, 4) is 0 Å². The molecule has 2 aliphatic heterocycles. The summed E-state index contributed by atoms with van der Waals surface area (Å²) in [6, 6.07) is 7.92. The third-order valence-corrected chi connectivity index (χ3v) is 5.13. The minimum Gasteiger partial charge on any atom is -0.379 e. The van der Waals surface area contributed by atoms with E-state index in [0.717, 1.165) is 76.9 Å². The summed E-state index contributed by atoms with van der Waals surface area (Å²) in [7, 11) is 0. The molecule has 0 spiro atoms. The maximum atomic E-state index is 12.3. The quantitative estimate of drug-likeness (QED) is 0.799. The number of carbonyl (C=O) groups excluding carboxylic acids is 1. The lowest BCUT2D eigenvalue weighted by Crippen LogP contribution is -2.46. The van der Waals surface area contributed by atoms with Gasteiger partial charge in [0.25, 0.3) is 0 Å². The summed E-state index contributed by atoms with van der Waals surface area (Å²) >= 11 is 0. The third kappa shape index (κ3) is 5.33. The van der Waals surface area contributed by atoms with Gasteiger partial charge in [0, 0.05) is 52.4 Å². The SMILES string of the molecule is CCN1CCN(c2ccccc2NC(=O)NCCN2CCOCC2)CC1. The molecule has 0 unspecified atom stereocenters. The molecule has 2 saturated heterocycles. The van der Waals surface area contributed by atoms with Gasteiger partial charge in [0.05, 0.1) is 24.6 Å². The first kappa shape index (κ1) is 18.9. The summed E-state index contributed by atoms with van der Waals surface area (Å²) in [5, 5.41) is 5.99. The van der Waals surface area contributed by atoms with E-state index in [2.05, 4.69) is 38.3 Å². The highest BCUT2D eigenvalue weighted by Gasteiger charge is 2.18. The highest BCUT2D eigenvalue weighted by molar-refractivity contribution is 5.93. The highest BCUT2D eigenvalue weighted by Crippen LogP contribution is 2.26. The third-order valence-electron chi connectivity index (χ3n) is 5.13. The van der Waals surface area contributed by atoms with Crippen LogP contribution in [-0.4, -0.2) is 87.9 Å². The van der Waals surface area contributed by atoms with Crippen molar-refractivity contribution in [2.45, 2.75) is 6.92 Å². The molecule has 0 saturated carbocycles. The molecule has 7 nitrogen and oxygen atoms in total. The van der Waals surface area contributed by atoms with E-state index in [9.17, 15) is 4.79 Å².